The van der Waals surface area contributed by atoms with Crippen molar-refractivity contribution in [3.05, 3.63) is 60.8 Å². The van der Waals surface area contributed by atoms with Gasteiger partial charge in [-0.2, -0.15) is 0 Å². The Labute approximate surface area is 402 Å². The summed E-state index contributed by atoms with van der Waals surface area (Å²) in [5.41, 5.74) is 0. The van der Waals surface area contributed by atoms with Crippen molar-refractivity contribution in [3.63, 3.8) is 0 Å². The molecule has 0 saturated carbocycles. The van der Waals surface area contributed by atoms with Crippen LogP contribution in [0.1, 0.15) is 278 Å². The van der Waals surface area contributed by atoms with Gasteiger partial charge in [-0.1, -0.05) is 216 Å². The van der Waals surface area contributed by atoms with Crippen LogP contribution in [-0.4, -0.2) is 37.2 Å². The highest BCUT2D eigenvalue weighted by molar-refractivity contribution is 5.71. The van der Waals surface area contributed by atoms with Gasteiger partial charge in [0.05, 0.1) is 0 Å². The molecule has 6 nitrogen and oxygen atoms in total. The molecule has 0 aromatic carbocycles. The molecule has 65 heavy (non-hydrogen) atoms. The molecule has 0 rings (SSSR count). The molecule has 0 heterocycles. The first-order chi connectivity index (χ1) is 32.0. The average molecular weight is 909 g/mol. The zero-order valence-corrected chi connectivity index (χ0v) is 43.0. The lowest BCUT2D eigenvalue weighted by atomic mass is 10.1. The molecule has 0 aliphatic heterocycles. The Balaban J connectivity index is 4.48. The smallest absolute Gasteiger partial charge is 0.306 e. The van der Waals surface area contributed by atoms with Gasteiger partial charge in [0.15, 0.2) is 6.10 Å². The molecule has 0 spiro atoms. The van der Waals surface area contributed by atoms with Crippen molar-refractivity contribution >= 4 is 17.9 Å². The van der Waals surface area contributed by atoms with Crippen LogP contribution in [-0.2, 0) is 28.6 Å². The van der Waals surface area contributed by atoms with E-state index in [0.717, 1.165) is 70.6 Å². The molecule has 0 amide bonds. The van der Waals surface area contributed by atoms with Gasteiger partial charge in [-0.25, -0.2) is 0 Å². The Morgan fingerprint density at radius 1 is 0.308 bits per heavy atom. The average Bonchev–Trinajstić information content (AvgIpc) is 3.30. The van der Waals surface area contributed by atoms with Crippen molar-refractivity contribution in [1.29, 1.82) is 0 Å². The van der Waals surface area contributed by atoms with Crippen LogP contribution in [0.2, 0.25) is 0 Å². The Bertz CT molecular complexity index is 1130. The minimum Gasteiger partial charge on any atom is -0.462 e. The normalized spacial score (nSPS) is 12.1. The Kier molecular flexibility index (Phi) is 51.3. The van der Waals surface area contributed by atoms with E-state index in [1.54, 1.807) is 0 Å². The van der Waals surface area contributed by atoms with E-state index in [1.807, 2.05) is 0 Å². The Morgan fingerprint density at radius 3 is 0.923 bits per heavy atom. The molecule has 6 heteroatoms. The maximum absolute atomic E-state index is 12.8. The number of unbranched alkanes of at least 4 members (excludes halogenated alkanes) is 29. The van der Waals surface area contributed by atoms with E-state index < -0.39 is 6.10 Å². The number of rotatable bonds is 50. The maximum atomic E-state index is 12.8. The van der Waals surface area contributed by atoms with Gasteiger partial charge in [0, 0.05) is 19.3 Å². The van der Waals surface area contributed by atoms with Crippen molar-refractivity contribution in [2.24, 2.45) is 0 Å². The van der Waals surface area contributed by atoms with Crippen molar-refractivity contribution in [1.82, 2.24) is 0 Å². The van der Waals surface area contributed by atoms with Crippen molar-refractivity contribution in [2.75, 3.05) is 13.2 Å². The van der Waals surface area contributed by atoms with E-state index in [0.29, 0.717) is 19.3 Å². The van der Waals surface area contributed by atoms with E-state index in [1.165, 1.54) is 161 Å². The van der Waals surface area contributed by atoms with E-state index in [-0.39, 0.29) is 37.5 Å². The molecule has 0 aliphatic carbocycles. The summed E-state index contributed by atoms with van der Waals surface area (Å²) in [5, 5.41) is 0. The number of ether oxygens (including phenoxy) is 3. The largest absolute Gasteiger partial charge is 0.462 e. The molecule has 0 aromatic rings. The highest BCUT2D eigenvalue weighted by Crippen LogP contribution is 2.14. The van der Waals surface area contributed by atoms with E-state index in [4.69, 9.17) is 14.2 Å². The molecule has 0 aromatic heterocycles. The second-order valence-electron chi connectivity index (χ2n) is 18.5. The van der Waals surface area contributed by atoms with Crippen LogP contribution in [0.15, 0.2) is 60.8 Å². The molecule has 0 fully saturated rings. The lowest BCUT2D eigenvalue weighted by molar-refractivity contribution is -0.167. The van der Waals surface area contributed by atoms with E-state index >= 15 is 0 Å². The lowest BCUT2D eigenvalue weighted by Gasteiger charge is -2.18. The molecule has 0 bridgehead atoms. The van der Waals surface area contributed by atoms with E-state index in [9.17, 15) is 14.4 Å². The van der Waals surface area contributed by atoms with Crippen molar-refractivity contribution in [2.45, 2.75) is 284 Å². The molecule has 0 saturated heterocycles. The van der Waals surface area contributed by atoms with Gasteiger partial charge >= 0.3 is 17.9 Å². The minimum absolute atomic E-state index is 0.100. The third-order valence-corrected chi connectivity index (χ3v) is 12.0. The lowest BCUT2D eigenvalue weighted by Crippen LogP contribution is -2.30. The summed E-state index contributed by atoms with van der Waals surface area (Å²) < 4.78 is 16.8. The van der Waals surface area contributed by atoms with Gasteiger partial charge in [0.2, 0.25) is 0 Å². The van der Waals surface area contributed by atoms with Crippen LogP contribution in [0.3, 0.4) is 0 Å². The highest BCUT2D eigenvalue weighted by Gasteiger charge is 2.19. The van der Waals surface area contributed by atoms with Crippen LogP contribution in [0.5, 0.6) is 0 Å². The SMILES string of the molecule is CCCCCCCC/C=C\C/C=C\C/C=C\CCCC(=O)OC(COC(=O)CCCCCCC/C=C\CCCCCCCC)COC(=O)CCCCCCC/C=C\CCCCCCCC. The molecule has 0 unspecified atom stereocenters. The minimum atomic E-state index is -0.806. The van der Waals surface area contributed by atoms with Crippen molar-refractivity contribution < 1.29 is 28.6 Å². The predicted molar refractivity (Wildman–Crippen MR) is 279 cm³/mol. The Hall–Kier alpha value is -2.89. The van der Waals surface area contributed by atoms with Crippen LogP contribution in [0.25, 0.3) is 0 Å². The van der Waals surface area contributed by atoms with E-state index in [2.05, 4.69) is 81.5 Å². The summed E-state index contributed by atoms with van der Waals surface area (Å²) in [6.07, 6.45) is 66.4. The monoisotopic (exact) mass is 909 g/mol. The summed E-state index contributed by atoms with van der Waals surface area (Å²) in [7, 11) is 0. The zero-order chi connectivity index (χ0) is 47.2. The number of allylic oxidation sites excluding steroid dienone is 10. The third kappa shape index (κ3) is 51.9. The Morgan fingerprint density at radius 2 is 0.569 bits per heavy atom. The number of hydrogen-bond donors (Lipinski definition) is 0. The molecule has 0 radical (unpaired) electrons. The van der Waals surface area contributed by atoms with Crippen LogP contribution in [0.4, 0.5) is 0 Å². The summed E-state index contributed by atoms with van der Waals surface area (Å²) in [4.78, 5) is 38.0. The zero-order valence-electron chi connectivity index (χ0n) is 43.0. The number of carbonyl (C=O) groups excluding carboxylic acids is 3. The second kappa shape index (κ2) is 53.7. The fourth-order valence-electron chi connectivity index (χ4n) is 7.74. The highest BCUT2D eigenvalue weighted by atomic mass is 16.6. The van der Waals surface area contributed by atoms with Gasteiger partial charge in [-0.15, -0.1) is 0 Å². The molecular formula is C59H104O6. The molecular weight excluding hydrogens is 805 g/mol. The fraction of sp³-hybridized carbons (Fsp3) is 0.780. The van der Waals surface area contributed by atoms with Gasteiger partial charge in [0.25, 0.3) is 0 Å². The summed E-state index contributed by atoms with van der Waals surface area (Å²) >= 11 is 0. The summed E-state index contributed by atoms with van der Waals surface area (Å²) in [6.45, 7) is 6.58. The van der Waals surface area contributed by atoms with Crippen LogP contribution in [0, 0.1) is 0 Å². The van der Waals surface area contributed by atoms with Gasteiger partial charge in [0.1, 0.15) is 13.2 Å². The summed E-state index contributed by atoms with van der Waals surface area (Å²) in [6, 6.07) is 0. The number of hydrogen-bond acceptors (Lipinski definition) is 6. The third-order valence-electron chi connectivity index (χ3n) is 12.0. The van der Waals surface area contributed by atoms with Gasteiger partial charge in [-0.3, -0.25) is 14.4 Å². The molecule has 376 valence electrons. The maximum Gasteiger partial charge on any atom is 0.306 e. The first-order valence-corrected chi connectivity index (χ1v) is 27.8. The second-order valence-corrected chi connectivity index (χ2v) is 18.5. The van der Waals surface area contributed by atoms with Gasteiger partial charge in [-0.05, 0) is 103 Å². The van der Waals surface area contributed by atoms with Crippen LogP contribution < -0.4 is 0 Å². The number of carbonyl (C=O) groups is 3. The first kappa shape index (κ1) is 62.1. The standard InChI is InChI=1S/C59H104O6/c1-4-7-10-13-16-19-22-25-28-29-32-35-38-41-44-47-50-53-59(62)65-56(54-63-57(60)51-48-45-42-39-36-33-30-26-23-20-17-14-11-8-5-2)55-64-58(61)52-49-46-43-40-37-34-31-27-24-21-18-15-12-9-6-3/h25-28,30-32,35,41,44,56H,4-24,29,33-34,36-40,42-43,45-55H2,1-3H3/b28-25-,30-26-,31-27-,35-32-,44-41-. The predicted octanol–water partition coefficient (Wildman–Crippen LogP) is 18.4. The molecule has 0 aliphatic rings. The quantitative estimate of drug-likeness (QED) is 0.0262. The number of esters is 3. The fourth-order valence-corrected chi connectivity index (χ4v) is 7.74. The van der Waals surface area contributed by atoms with Crippen molar-refractivity contribution in [3.8, 4) is 0 Å². The topological polar surface area (TPSA) is 78.9 Å². The van der Waals surface area contributed by atoms with Crippen LogP contribution >= 0.6 is 0 Å². The summed E-state index contributed by atoms with van der Waals surface area (Å²) in [5.74, 6) is -0.962. The molecule has 0 atom stereocenters. The first-order valence-electron chi connectivity index (χ1n) is 27.8. The van der Waals surface area contributed by atoms with Gasteiger partial charge < -0.3 is 14.2 Å². The molecule has 0 N–H and O–H groups in total.